The average molecular weight is 502 g/mol. The van der Waals surface area contributed by atoms with E-state index in [-0.39, 0.29) is 29.6 Å². The molecule has 1 saturated heterocycles. The van der Waals surface area contributed by atoms with E-state index in [4.69, 9.17) is 9.15 Å². The second kappa shape index (κ2) is 9.84. The monoisotopic (exact) mass is 501 g/mol. The molecule has 192 valence electrons. The normalized spacial score (nSPS) is 16.0. The zero-order chi connectivity index (χ0) is 26.2. The Morgan fingerprint density at radius 2 is 1.73 bits per heavy atom. The van der Waals surface area contributed by atoms with Gasteiger partial charge in [0.15, 0.2) is 11.5 Å². The molecule has 1 aliphatic carbocycles. The number of carbonyl (C=O) groups is 3. The fourth-order valence-corrected chi connectivity index (χ4v) is 4.85. The molecule has 5 rings (SSSR count). The van der Waals surface area contributed by atoms with Gasteiger partial charge in [-0.05, 0) is 69.4 Å². The fraction of sp³-hybridized carbons (Fsp3) is 0.379. The van der Waals surface area contributed by atoms with Gasteiger partial charge in [-0.25, -0.2) is 4.79 Å². The van der Waals surface area contributed by atoms with Crippen LogP contribution in [0.3, 0.4) is 0 Å². The van der Waals surface area contributed by atoms with Crippen molar-refractivity contribution in [3.8, 4) is 22.5 Å². The first kappa shape index (κ1) is 24.7. The van der Waals surface area contributed by atoms with Crippen LogP contribution in [-0.4, -0.2) is 52.4 Å². The highest BCUT2D eigenvalue weighted by atomic mass is 16.6. The lowest BCUT2D eigenvalue weighted by Gasteiger charge is -2.33. The van der Waals surface area contributed by atoms with Gasteiger partial charge < -0.3 is 19.4 Å². The third-order valence-corrected chi connectivity index (χ3v) is 6.72. The number of piperidine rings is 1. The maximum absolute atomic E-state index is 13.2. The molecule has 1 fully saturated rings. The number of nitrogens with zero attached hydrogens (tertiary/aromatic N) is 2. The average Bonchev–Trinajstić information content (AvgIpc) is 3.48. The Labute approximate surface area is 216 Å². The first-order valence-corrected chi connectivity index (χ1v) is 12.7. The summed E-state index contributed by atoms with van der Waals surface area (Å²) in [5, 5.41) is 3.07. The molecule has 8 heteroatoms. The Hall–Kier alpha value is -3.94. The number of hydrogen-bond donors (Lipinski definition) is 1. The van der Waals surface area contributed by atoms with Gasteiger partial charge in [0.25, 0.3) is 5.91 Å². The second-order valence-electron chi connectivity index (χ2n) is 10.6. The van der Waals surface area contributed by atoms with Crippen LogP contribution in [0.15, 0.2) is 53.2 Å². The summed E-state index contributed by atoms with van der Waals surface area (Å²) in [6.45, 7) is 6.56. The summed E-state index contributed by atoms with van der Waals surface area (Å²) in [4.78, 5) is 43.4. The quantitative estimate of drug-likeness (QED) is 0.523. The molecule has 0 spiro atoms. The minimum Gasteiger partial charge on any atom is -0.450 e. The number of ether oxygens (including phenoxy) is 1. The van der Waals surface area contributed by atoms with E-state index in [1.807, 2.05) is 51.1 Å². The van der Waals surface area contributed by atoms with E-state index in [9.17, 15) is 14.4 Å². The lowest BCUT2D eigenvalue weighted by Crippen LogP contribution is -2.47. The van der Waals surface area contributed by atoms with Crippen LogP contribution < -0.4 is 5.32 Å². The second-order valence-corrected chi connectivity index (χ2v) is 10.6. The molecule has 37 heavy (non-hydrogen) atoms. The first-order chi connectivity index (χ1) is 17.7. The first-order valence-electron chi connectivity index (χ1n) is 12.7. The largest absolute Gasteiger partial charge is 0.450 e. The Bertz CT molecular complexity index is 1330. The van der Waals surface area contributed by atoms with Crippen molar-refractivity contribution >= 4 is 17.8 Å². The molecule has 0 atom stereocenters. The molecule has 0 radical (unpaired) electrons. The van der Waals surface area contributed by atoms with Gasteiger partial charge in [0.2, 0.25) is 0 Å². The number of likely N-dealkylation sites (tertiary alicyclic amines) is 1. The van der Waals surface area contributed by atoms with Crippen molar-refractivity contribution in [2.45, 2.75) is 58.1 Å². The number of nitrogens with one attached hydrogen (secondary N) is 1. The number of aromatic nitrogens is 1. The van der Waals surface area contributed by atoms with Gasteiger partial charge in [-0.2, -0.15) is 0 Å². The van der Waals surface area contributed by atoms with Crippen molar-refractivity contribution in [3.05, 3.63) is 65.7 Å². The molecule has 1 N–H and O–H groups in total. The van der Waals surface area contributed by atoms with Crippen molar-refractivity contribution in [1.82, 2.24) is 15.2 Å². The molecular formula is C29H31N3O5. The number of benzene rings is 1. The van der Waals surface area contributed by atoms with E-state index in [1.54, 1.807) is 23.4 Å². The predicted molar refractivity (Wildman–Crippen MR) is 138 cm³/mol. The van der Waals surface area contributed by atoms with E-state index in [0.29, 0.717) is 38.1 Å². The minimum absolute atomic E-state index is 0.0740. The van der Waals surface area contributed by atoms with Gasteiger partial charge in [0.1, 0.15) is 11.4 Å². The number of aryl methyl sites for hydroxylation is 1. The highest BCUT2D eigenvalue weighted by molar-refractivity contribution is 6.01. The maximum Gasteiger partial charge on any atom is 0.410 e. The van der Waals surface area contributed by atoms with Gasteiger partial charge in [0.05, 0.1) is 0 Å². The molecule has 0 saturated carbocycles. The topological polar surface area (TPSA) is 102 Å². The minimum atomic E-state index is -0.542. The number of rotatable bonds is 4. The van der Waals surface area contributed by atoms with E-state index >= 15 is 0 Å². The van der Waals surface area contributed by atoms with Crippen molar-refractivity contribution in [3.63, 3.8) is 0 Å². The molecule has 3 aromatic rings. The van der Waals surface area contributed by atoms with Crippen LogP contribution in [-0.2, 0) is 11.2 Å². The summed E-state index contributed by atoms with van der Waals surface area (Å²) in [6.07, 6.45) is 5.55. The maximum atomic E-state index is 13.2. The van der Waals surface area contributed by atoms with Crippen molar-refractivity contribution < 1.29 is 23.5 Å². The van der Waals surface area contributed by atoms with Crippen molar-refractivity contribution in [1.29, 1.82) is 0 Å². The molecule has 3 heterocycles. The number of hydrogen-bond acceptors (Lipinski definition) is 6. The molecule has 2 aliphatic rings. The Morgan fingerprint density at radius 3 is 2.43 bits per heavy atom. The Morgan fingerprint density at radius 1 is 1.00 bits per heavy atom. The van der Waals surface area contributed by atoms with Crippen LogP contribution in [0.2, 0.25) is 0 Å². The lowest BCUT2D eigenvalue weighted by atomic mass is 9.98. The van der Waals surface area contributed by atoms with Crippen molar-refractivity contribution in [2.75, 3.05) is 13.1 Å². The summed E-state index contributed by atoms with van der Waals surface area (Å²) in [6, 6.07) is 11.2. The number of furan rings is 1. The Balaban J connectivity index is 1.34. The van der Waals surface area contributed by atoms with Crippen molar-refractivity contribution in [2.24, 2.45) is 0 Å². The third-order valence-electron chi connectivity index (χ3n) is 6.72. The summed E-state index contributed by atoms with van der Waals surface area (Å²) < 4.78 is 11.6. The number of ketones is 1. The van der Waals surface area contributed by atoms with Crippen LogP contribution in [0.4, 0.5) is 4.79 Å². The van der Waals surface area contributed by atoms with Crippen LogP contribution in [0, 0.1) is 0 Å². The van der Waals surface area contributed by atoms with Gasteiger partial charge in [0, 0.05) is 54.6 Å². The standard InChI is InChI=1S/C29H31N3O5/c1-29(2,3)37-28(35)32-14-10-21(11-15-32)31-27(34)25-17-23(26(36-25)18-8-12-30-13-9-18)20-4-6-22-19(16-20)5-7-24(22)33/h4,6,8-9,12-13,16-17,21H,5,7,10-11,14-15H2,1-3H3,(H,31,34). The lowest BCUT2D eigenvalue weighted by molar-refractivity contribution is 0.0199. The number of amides is 2. The Kier molecular flexibility index (Phi) is 6.58. The molecule has 1 aromatic carbocycles. The van der Waals surface area contributed by atoms with Gasteiger partial charge in [-0.15, -0.1) is 0 Å². The highest BCUT2D eigenvalue weighted by Crippen LogP contribution is 2.37. The summed E-state index contributed by atoms with van der Waals surface area (Å²) in [5.41, 5.74) is 3.75. The zero-order valence-electron chi connectivity index (χ0n) is 21.4. The molecule has 0 bridgehead atoms. The van der Waals surface area contributed by atoms with E-state index in [2.05, 4.69) is 10.3 Å². The van der Waals surface area contributed by atoms with Crippen LogP contribution in [0.1, 0.15) is 66.5 Å². The molecule has 2 aromatic heterocycles. The van der Waals surface area contributed by atoms with Gasteiger partial charge in [-0.3, -0.25) is 14.6 Å². The molecular weight excluding hydrogens is 470 g/mol. The molecule has 8 nitrogen and oxygen atoms in total. The highest BCUT2D eigenvalue weighted by Gasteiger charge is 2.29. The predicted octanol–water partition coefficient (Wildman–Crippen LogP) is 5.27. The van der Waals surface area contributed by atoms with E-state index < -0.39 is 5.60 Å². The van der Waals surface area contributed by atoms with Crippen LogP contribution >= 0.6 is 0 Å². The zero-order valence-corrected chi connectivity index (χ0v) is 21.4. The summed E-state index contributed by atoms with van der Waals surface area (Å²) in [5.74, 6) is 0.666. The van der Waals surface area contributed by atoms with E-state index in [0.717, 1.165) is 34.2 Å². The molecule has 0 unspecified atom stereocenters. The van der Waals surface area contributed by atoms with Crippen LogP contribution in [0.5, 0.6) is 0 Å². The summed E-state index contributed by atoms with van der Waals surface area (Å²) in [7, 11) is 0. The molecule has 1 aliphatic heterocycles. The number of carbonyl (C=O) groups excluding carboxylic acids is 3. The van der Waals surface area contributed by atoms with Gasteiger partial charge in [-0.1, -0.05) is 18.2 Å². The smallest absolute Gasteiger partial charge is 0.410 e. The molecule has 2 amide bonds. The summed E-state index contributed by atoms with van der Waals surface area (Å²) >= 11 is 0. The SMILES string of the molecule is CC(C)(C)OC(=O)N1CCC(NC(=O)c2cc(-c3ccc4c(c3)CCC4=O)c(-c3ccncc3)o2)CC1. The van der Waals surface area contributed by atoms with E-state index in [1.165, 1.54) is 0 Å². The number of fused-ring (bicyclic) bond motifs is 1. The fourth-order valence-electron chi connectivity index (χ4n) is 4.85. The third kappa shape index (κ3) is 5.43. The number of pyridine rings is 1. The number of Topliss-reactive ketones (excluding diaryl/α,β-unsaturated/α-hetero) is 1. The van der Waals surface area contributed by atoms with Gasteiger partial charge >= 0.3 is 6.09 Å². The van der Waals surface area contributed by atoms with Crippen LogP contribution in [0.25, 0.3) is 22.5 Å².